The Bertz CT molecular complexity index is 183. The summed E-state index contributed by atoms with van der Waals surface area (Å²) >= 11 is 0. The number of likely N-dealkylation sites (N-methyl/N-ethyl adjacent to an activating group) is 1. The number of ether oxygens (including phenoxy) is 1. The van der Waals surface area contributed by atoms with Gasteiger partial charge in [0, 0.05) is 31.8 Å². The fraction of sp³-hybridized carbons (Fsp3) is 1.00. The summed E-state index contributed by atoms with van der Waals surface area (Å²) in [5, 5.41) is 3.59. The largest absolute Gasteiger partial charge is 0.383 e. The molecular formula is C13H28N2O. The maximum absolute atomic E-state index is 5.21. The minimum Gasteiger partial charge on any atom is -0.383 e. The fourth-order valence-electron chi connectivity index (χ4n) is 2.47. The predicted molar refractivity (Wildman–Crippen MR) is 68.8 cm³/mol. The third-order valence-corrected chi connectivity index (χ3v) is 3.58. The van der Waals surface area contributed by atoms with Crippen molar-refractivity contribution in [3.05, 3.63) is 0 Å². The van der Waals surface area contributed by atoms with Crippen molar-refractivity contribution in [1.82, 2.24) is 10.2 Å². The fourth-order valence-corrected chi connectivity index (χ4v) is 2.47. The van der Waals surface area contributed by atoms with Crippen LogP contribution >= 0.6 is 0 Å². The molecule has 0 amide bonds. The van der Waals surface area contributed by atoms with Crippen molar-refractivity contribution in [3.63, 3.8) is 0 Å². The molecule has 96 valence electrons. The number of nitrogens with zero attached hydrogens (tertiary/aromatic N) is 1. The number of rotatable bonds is 9. The third-order valence-electron chi connectivity index (χ3n) is 3.58. The van der Waals surface area contributed by atoms with E-state index in [9.17, 15) is 0 Å². The van der Waals surface area contributed by atoms with Crippen molar-refractivity contribution in [3.8, 4) is 0 Å². The van der Waals surface area contributed by atoms with Crippen LogP contribution in [0.25, 0.3) is 0 Å². The van der Waals surface area contributed by atoms with E-state index in [2.05, 4.69) is 31.0 Å². The molecular weight excluding hydrogens is 200 g/mol. The lowest BCUT2D eigenvalue weighted by Gasteiger charge is -2.35. The molecule has 1 fully saturated rings. The molecule has 3 heteroatoms. The Labute approximate surface area is 101 Å². The van der Waals surface area contributed by atoms with Gasteiger partial charge in [-0.05, 0) is 32.7 Å². The zero-order chi connectivity index (χ0) is 12.0. The average Bonchev–Trinajstić information content (AvgIpc) is 3.10. The Morgan fingerprint density at radius 3 is 2.50 bits per heavy atom. The topological polar surface area (TPSA) is 24.5 Å². The molecule has 3 nitrogen and oxygen atoms in total. The Balaban J connectivity index is 2.46. The van der Waals surface area contributed by atoms with Gasteiger partial charge in [-0.3, -0.25) is 4.90 Å². The van der Waals surface area contributed by atoms with E-state index in [1.54, 1.807) is 7.11 Å². The molecule has 0 aromatic rings. The molecule has 0 saturated heterocycles. The van der Waals surface area contributed by atoms with Crippen LogP contribution in [0.5, 0.6) is 0 Å². The Morgan fingerprint density at radius 2 is 2.06 bits per heavy atom. The highest BCUT2D eigenvalue weighted by Gasteiger charge is 2.34. The zero-order valence-electron chi connectivity index (χ0n) is 11.3. The summed E-state index contributed by atoms with van der Waals surface area (Å²) in [6.45, 7) is 9.79. The van der Waals surface area contributed by atoms with E-state index < -0.39 is 0 Å². The SMILES string of the molecule is CCNC(CC)C(C)N(CCOC)C1CC1. The van der Waals surface area contributed by atoms with Crippen molar-refractivity contribution in [1.29, 1.82) is 0 Å². The average molecular weight is 228 g/mol. The highest BCUT2D eigenvalue weighted by molar-refractivity contribution is 4.91. The number of hydrogen-bond donors (Lipinski definition) is 1. The van der Waals surface area contributed by atoms with E-state index >= 15 is 0 Å². The summed E-state index contributed by atoms with van der Waals surface area (Å²) in [5.74, 6) is 0. The van der Waals surface area contributed by atoms with Crippen molar-refractivity contribution in [2.24, 2.45) is 0 Å². The van der Waals surface area contributed by atoms with Gasteiger partial charge < -0.3 is 10.1 Å². The summed E-state index contributed by atoms with van der Waals surface area (Å²) < 4.78 is 5.21. The molecule has 1 saturated carbocycles. The molecule has 0 heterocycles. The van der Waals surface area contributed by atoms with Gasteiger partial charge in [-0.25, -0.2) is 0 Å². The van der Waals surface area contributed by atoms with Crippen LogP contribution in [0.4, 0.5) is 0 Å². The maximum Gasteiger partial charge on any atom is 0.0589 e. The van der Waals surface area contributed by atoms with Crippen LogP contribution in [0.1, 0.15) is 40.0 Å². The molecule has 0 spiro atoms. The highest BCUT2D eigenvalue weighted by Crippen LogP contribution is 2.29. The van der Waals surface area contributed by atoms with E-state index in [0.29, 0.717) is 12.1 Å². The minimum absolute atomic E-state index is 0.613. The molecule has 16 heavy (non-hydrogen) atoms. The molecule has 0 aliphatic heterocycles. The second-order valence-corrected chi connectivity index (χ2v) is 4.77. The van der Waals surface area contributed by atoms with E-state index in [0.717, 1.165) is 25.7 Å². The second-order valence-electron chi connectivity index (χ2n) is 4.77. The van der Waals surface area contributed by atoms with Crippen LogP contribution in [0.2, 0.25) is 0 Å². The molecule has 1 rings (SSSR count). The molecule has 1 aliphatic rings. The normalized spacial score (nSPS) is 20.1. The number of methoxy groups -OCH3 is 1. The van der Waals surface area contributed by atoms with Crippen molar-refractivity contribution in [2.45, 2.75) is 58.2 Å². The van der Waals surface area contributed by atoms with E-state index in [-0.39, 0.29) is 0 Å². The molecule has 1 aliphatic carbocycles. The first-order valence-electron chi connectivity index (χ1n) is 6.72. The van der Waals surface area contributed by atoms with Gasteiger partial charge in [0.15, 0.2) is 0 Å². The Kier molecular flexibility index (Phi) is 6.32. The van der Waals surface area contributed by atoms with Gasteiger partial charge in [0.2, 0.25) is 0 Å². The lowest BCUT2D eigenvalue weighted by Crippen LogP contribution is -2.50. The van der Waals surface area contributed by atoms with Crippen molar-refractivity contribution >= 4 is 0 Å². The molecule has 0 aromatic heterocycles. The molecule has 2 atom stereocenters. The minimum atomic E-state index is 0.613. The quantitative estimate of drug-likeness (QED) is 0.652. The van der Waals surface area contributed by atoms with Crippen molar-refractivity contribution < 1.29 is 4.74 Å². The van der Waals surface area contributed by atoms with Crippen LogP contribution in [0.15, 0.2) is 0 Å². The summed E-state index contributed by atoms with van der Waals surface area (Å²) in [7, 11) is 1.79. The van der Waals surface area contributed by atoms with Crippen molar-refractivity contribution in [2.75, 3.05) is 26.8 Å². The maximum atomic E-state index is 5.21. The number of nitrogens with one attached hydrogen (secondary N) is 1. The van der Waals surface area contributed by atoms with Crippen LogP contribution in [0.3, 0.4) is 0 Å². The molecule has 0 bridgehead atoms. The van der Waals surface area contributed by atoms with Gasteiger partial charge in [-0.2, -0.15) is 0 Å². The van der Waals surface area contributed by atoms with Crippen LogP contribution < -0.4 is 5.32 Å². The van der Waals surface area contributed by atoms with Gasteiger partial charge in [0.25, 0.3) is 0 Å². The summed E-state index contributed by atoms with van der Waals surface area (Å²) in [5.41, 5.74) is 0. The van der Waals surface area contributed by atoms with E-state index in [1.165, 1.54) is 19.3 Å². The summed E-state index contributed by atoms with van der Waals surface area (Å²) in [6.07, 6.45) is 3.94. The van der Waals surface area contributed by atoms with Gasteiger partial charge in [0.1, 0.15) is 0 Å². The van der Waals surface area contributed by atoms with Gasteiger partial charge >= 0.3 is 0 Å². The molecule has 0 radical (unpaired) electrons. The molecule has 2 unspecified atom stereocenters. The van der Waals surface area contributed by atoms with E-state index in [1.807, 2.05) is 0 Å². The Morgan fingerprint density at radius 1 is 1.38 bits per heavy atom. The monoisotopic (exact) mass is 228 g/mol. The molecule has 0 aromatic carbocycles. The van der Waals surface area contributed by atoms with Gasteiger partial charge in [-0.15, -0.1) is 0 Å². The van der Waals surface area contributed by atoms with Crippen LogP contribution in [-0.2, 0) is 4.74 Å². The first-order chi connectivity index (χ1) is 7.74. The lowest BCUT2D eigenvalue weighted by atomic mass is 10.1. The van der Waals surface area contributed by atoms with Crippen LogP contribution in [0, 0.1) is 0 Å². The molecule has 1 N–H and O–H groups in total. The summed E-state index contributed by atoms with van der Waals surface area (Å²) in [6, 6.07) is 2.05. The second kappa shape index (κ2) is 7.25. The summed E-state index contributed by atoms with van der Waals surface area (Å²) in [4.78, 5) is 2.63. The van der Waals surface area contributed by atoms with E-state index in [4.69, 9.17) is 4.74 Å². The predicted octanol–water partition coefficient (Wildman–Crippen LogP) is 1.87. The first kappa shape index (κ1) is 13.9. The smallest absolute Gasteiger partial charge is 0.0589 e. The Hall–Kier alpha value is -0.120. The lowest BCUT2D eigenvalue weighted by molar-refractivity contribution is 0.102. The third kappa shape index (κ3) is 4.04. The number of hydrogen-bond acceptors (Lipinski definition) is 3. The zero-order valence-corrected chi connectivity index (χ0v) is 11.3. The van der Waals surface area contributed by atoms with Crippen LogP contribution in [-0.4, -0.2) is 49.8 Å². The first-order valence-corrected chi connectivity index (χ1v) is 6.72. The standard InChI is InChI=1S/C13H28N2O/c1-5-13(14-6-2)11(3)15(9-10-16-4)12-7-8-12/h11-14H,5-10H2,1-4H3. The van der Waals surface area contributed by atoms with Gasteiger partial charge in [0.05, 0.1) is 6.61 Å². The van der Waals surface area contributed by atoms with Gasteiger partial charge in [-0.1, -0.05) is 13.8 Å². The highest BCUT2D eigenvalue weighted by atomic mass is 16.5.